The molecule has 142 valence electrons. The molecule has 1 unspecified atom stereocenters. The Morgan fingerprint density at radius 3 is 2.70 bits per heavy atom. The second-order valence-electron chi connectivity index (χ2n) is 5.93. The minimum Gasteiger partial charge on any atom is -0.352 e. The number of aliphatic imine (C=N–C) groups is 1. The van der Waals surface area contributed by atoms with E-state index in [1.54, 1.807) is 13.2 Å². The van der Waals surface area contributed by atoms with Gasteiger partial charge in [0.25, 0.3) is 0 Å². The number of hydrogen-bond donors (Lipinski definition) is 2. The summed E-state index contributed by atoms with van der Waals surface area (Å²) in [4.78, 5) is 4.30. The Kier molecular flexibility index (Phi) is 8.12. The molecule has 2 aromatic carbocycles. The molecule has 0 aliphatic carbocycles. The van der Waals surface area contributed by atoms with Gasteiger partial charge in [-0.05, 0) is 42.3 Å². The molecule has 1 heterocycles. The van der Waals surface area contributed by atoms with Crippen LogP contribution in [0.15, 0.2) is 72.0 Å². The lowest BCUT2D eigenvalue weighted by molar-refractivity contribution is 0.685. The molecule has 0 aliphatic rings. The molecule has 5 nitrogen and oxygen atoms in total. The maximum atomic E-state index is 6.28. The van der Waals surface area contributed by atoms with E-state index in [0.717, 1.165) is 27.8 Å². The molecule has 2 N–H and O–H groups in total. The predicted molar refractivity (Wildman–Crippen MR) is 122 cm³/mol. The SMILES string of the molecule is CN=C(NCc1cccc(-n2cccn2)c1)NC(C)c1ccccc1Cl.I. The lowest BCUT2D eigenvalue weighted by Gasteiger charge is -2.19. The van der Waals surface area contributed by atoms with Crippen LogP contribution in [0.4, 0.5) is 0 Å². The summed E-state index contributed by atoms with van der Waals surface area (Å²) < 4.78 is 1.84. The number of nitrogens with zero attached hydrogens (tertiary/aromatic N) is 3. The van der Waals surface area contributed by atoms with Crippen LogP contribution >= 0.6 is 35.6 Å². The third-order valence-corrected chi connectivity index (χ3v) is 4.43. The van der Waals surface area contributed by atoms with Crippen LogP contribution in [-0.2, 0) is 6.54 Å². The van der Waals surface area contributed by atoms with Gasteiger partial charge in [0, 0.05) is 31.0 Å². The van der Waals surface area contributed by atoms with Gasteiger partial charge in [-0.3, -0.25) is 4.99 Å². The minimum absolute atomic E-state index is 0. The minimum atomic E-state index is 0. The van der Waals surface area contributed by atoms with Crippen LogP contribution < -0.4 is 10.6 Å². The molecule has 0 spiro atoms. The van der Waals surface area contributed by atoms with Crippen LogP contribution in [0.1, 0.15) is 24.1 Å². The summed E-state index contributed by atoms with van der Waals surface area (Å²) in [5.74, 6) is 0.724. The first-order chi connectivity index (χ1) is 12.7. The third kappa shape index (κ3) is 5.71. The average Bonchev–Trinajstić information content (AvgIpc) is 3.20. The Hall–Kier alpha value is -2.06. The molecule has 0 amide bonds. The Balaban J connectivity index is 0.00000261. The lowest BCUT2D eigenvalue weighted by atomic mass is 10.1. The molecule has 0 radical (unpaired) electrons. The third-order valence-electron chi connectivity index (χ3n) is 4.09. The first-order valence-electron chi connectivity index (χ1n) is 8.48. The van der Waals surface area contributed by atoms with E-state index in [4.69, 9.17) is 11.6 Å². The highest BCUT2D eigenvalue weighted by Gasteiger charge is 2.10. The van der Waals surface area contributed by atoms with Crippen LogP contribution in [0.2, 0.25) is 5.02 Å². The molecule has 1 aromatic heterocycles. The number of nitrogens with one attached hydrogen (secondary N) is 2. The van der Waals surface area contributed by atoms with E-state index < -0.39 is 0 Å². The van der Waals surface area contributed by atoms with Gasteiger partial charge in [0.05, 0.1) is 11.7 Å². The van der Waals surface area contributed by atoms with Crippen molar-refractivity contribution in [3.63, 3.8) is 0 Å². The van der Waals surface area contributed by atoms with Crippen molar-refractivity contribution in [1.82, 2.24) is 20.4 Å². The topological polar surface area (TPSA) is 54.2 Å². The molecule has 3 aromatic rings. The van der Waals surface area contributed by atoms with E-state index >= 15 is 0 Å². The van der Waals surface area contributed by atoms with Gasteiger partial charge in [0.15, 0.2) is 5.96 Å². The Morgan fingerprint density at radius 1 is 1.19 bits per heavy atom. The number of rotatable bonds is 5. The molecule has 1 atom stereocenters. The van der Waals surface area contributed by atoms with E-state index in [1.807, 2.05) is 53.3 Å². The zero-order chi connectivity index (χ0) is 18.4. The smallest absolute Gasteiger partial charge is 0.191 e. The molecule has 7 heteroatoms. The van der Waals surface area contributed by atoms with Gasteiger partial charge in [0.1, 0.15) is 0 Å². The van der Waals surface area contributed by atoms with Crippen LogP contribution in [0.3, 0.4) is 0 Å². The lowest BCUT2D eigenvalue weighted by Crippen LogP contribution is -2.38. The summed E-state index contributed by atoms with van der Waals surface area (Å²) >= 11 is 6.28. The van der Waals surface area contributed by atoms with Gasteiger partial charge in [-0.15, -0.1) is 24.0 Å². The van der Waals surface area contributed by atoms with Crippen LogP contribution in [0.5, 0.6) is 0 Å². The fraction of sp³-hybridized carbons (Fsp3) is 0.200. The van der Waals surface area contributed by atoms with Crippen molar-refractivity contribution in [2.24, 2.45) is 4.99 Å². The summed E-state index contributed by atoms with van der Waals surface area (Å²) in [7, 11) is 1.76. The van der Waals surface area contributed by atoms with Crippen LogP contribution in [-0.4, -0.2) is 22.8 Å². The van der Waals surface area contributed by atoms with Crippen molar-refractivity contribution in [3.8, 4) is 5.69 Å². The number of guanidine groups is 1. The molecular weight excluding hydrogens is 473 g/mol. The fourth-order valence-electron chi connectivity index (χ4n) is 2.72. The highest BCUT2D eigenvalue weighted by atomic mass is 127. The van der Waals surface area contributed by atoms with E-state index in [0.29, 0.717) is 6.54 Å². The monoisotopic (exact) mass is 495 g/mol. The second kappa shape index (κ2) is 10.3. The molecule has 0 aliphatic heterocycles. The highest BCUT2D eigenvalue weighted by molar-refractivity contribution is 14.0. The number of halogens is 2. The molecule has 0 saturated carbocycles. The van der Waals surface area contributed by atoms with E-state index in [2.05, 4.69) is 39.8 Å². The normalized spacial score (nSPS) is 12.2. The van der Waals surface area contributed by atoms with Crippen molar-refractivity contribution < 1.29 is 0 Å². The standard InChI is InChI=1S/C20H22ClN5.HI/c1-15(18-9-3-4-10-19(18)21)25-20(22-2)23-14-16-7-5-8-17(13-16)26-12-6-11-24-26;/h3-13,15H,14H2,1-2H3,(H2,22,23,25);1H. The zero-order valence-corrected chi connectivity index (χ0v) is 18.3. The number of hydrogen-bond acceptors (Lipinski definition) is 2. The quantitative estimate of drug-likeness (QED) is 0.310. The predicted octanol–water partition coefficient (Wildman–Crippen LogP) is 4.57. The fourth-order valence-corrected chi connectivity index (χ4v) is 3.02. The van der Waals surface area contributed by atoms with Gasteiger partial charge < -0.3 is 10.6 Å². The summed E-state index contributed by atoms with van der Waals surface area (Å²) in [6, 6.07) is 18.0. The summed E-state index contributed by atoms with van der Waals surface area (Å²) in [5.41, 5.74) is 3.21. The highest BCUT2D eigenvalue weighted by Crippen LogP contribution is 2.21. The summed E-state index contributed by atoms with van der Waals surface area (Å²) in [6.07, 6.45) is 3.70. The first kappa shape index (κ1) is 21.2. The van der Waals surface area contributed by atoms with Gasteiger partial charge in [0.2, 0.25) is 0 Å². The van der Waals surface area contributed by atoms with Crippen molar-refractivity contribution in [3.05, 3.63) is 83.1 Å². The molecule has 0 bridgehead atoms. The molecule has 27 heavy (non-hydrogen) atoms. The maximum absolute atomic E-state index is 6.28. The van der Waals surface area contributed by atoms with Crippen molar-refractivity contribution in [2.75, 3.05) is 7.05 Å². The molecule has 0 saturated heterocycles. The van der Waals surface area contributed by atoms with E-state index in [9.17, 15) is 0 Å². The largest absolute Gasteiger partial charge is 0.352 e. The van der Waals surface area contributed by atoms with Crippen molar-refractivity contribution in [2.45, 2.75) is 19.5 Å². The van der Waals surface area contributed by atoms with Gasteiger partial charge in [-0.2, -0.15) is 5.10 Å². The van der Waals surface area contributed by atoms with Gasteiger partial charge in [-0.25, -0.2) is 4.68 Å². The van der Waals surface area contributed by atoms with Crippen molar-refractivity contribution in [1.29, 1.82) is 0 Å². The van der Waals surface area contributed by atoms with E-state index in [1.165, 1.54) is 0 Å². The molecule has 0 fully saturated rings. The van der Waals surface area contributed by atoms with Crippen LogP contribution in [0, 0.1) is 0 Å². The first-order valence-corrected chi connectivity index (χ1v) is 8.85. The second-order valence-corrected chi connectivity index (χ2v) is 6.34. The zero-order valence-electron chi connectivity index (χ0n) is 15.3. The Morgan fingerprint density at radius 2 is 2.00 bits per heavy atom. The van der Waals surface area contributed by atoms with Crippen LogP contribution in [0.25, 0.3) is 5.69 Å². The maximum Gasteiger partial charge on any atom is 0.191 e. The summed E-state index contributed by atoms with van der Waals surface area (Å²) in [6.45, 7) is 2.72. The number of aromatic nitrogens is 2. The van der Waals surface area contributed by atoms with E-state index in [-0.39, 0.29) is 30.0 Å². The number of benzene rings is 2. The van der Waals surface area contributed by atoms with Gasteiger partial charge >= 0.3 is 0 Å². The van der Waals surface area contributed by atoms with Gasteiger partial charge in [-0.1, -0.05) is 41.9 Å². The molecular formula is C20H23ClIN5. The average molecular weight is 496 g/mol. The molecule has 3 rings (SSSR count). The Labute approximate surface area is 181 Å². The summed E-state index contributed by atoms with van der Waals surface area (Å²) in [5, 5.41) is 11.7. The van der Waals surface area contributed by atoms with Crippen molar-refractivity contribution >= 4 is 41.5 Å². The Bertz CT molecular complexity index is 880.